The number of amides is 2. The molecule has 0 bridgehead atoms. The summed E-state index contributed by atoms with van der Waals surface area (Å²) in [5.74, 6) is 0.192. The van der Waals surface area contributed by atoms with Crippen LogP contribution in [0.15, 0.2) is 34.2 Å². The molecular weight excluding hydrogens is 288 g/mol. The van der Waals surface area contributed by atoms with E-state index in [-0.39, 0.29) is 18.2 Å². The highest BCUT2D eigenvalue weighted by molar-refractivity contribution is 8.17. The minimum atomic E-state index is -0.375. The first kappa shape index (κ1) is 13.9. The summed E-state index contributed by atoms with van der Waals surface area (Å²) in [6.45, 7) is 4.47. The lowest BCUT2D eigenvalue weighted by Crippen LogP contribution is -2.36. The Balaban J connectivity index is 1.97. The van der Waals surface area contributed by atoms with Crippen LogP contribution in [0, 0.1) is 0 Å². The van der Waals surface area contributed by atoms with Crippen LogP contribution >= 0.6 is 11.8 Å². The Morgan fingerprint density at radius 3 is 2.67 bits per heavy atom. The summed E-state index contributed by atoms with van der Waals surface area (Å²) in [5.41, 5.74) is 1.72. The van der Waals surface area contributed by atoms with E-state index in [9.17, 15) is 9.59 Å². The van der Waals surface area contributed by atoms with Crippen molar-refractivity contribution in [1.29, 1.82) is 0 Å². The lowest BCUT2D eigenvalue weighted by Gasteiger charge is -2.22. The molecule has 1 aromatic carbocycles. The monoisotopic (exact) mass is 302 g/mol. The average Bonchev–Trinajstić information content (AvgIpc) is 2.76. The highest BCUT2D eigenvalue weighted by atomic mass is 32.2. The van der Waals surface area contributed by atoms with Gasteiger partial charge in [0.15, 0.2) is 5.17 Å². The van der Waals surface area contributed by atoms with Gasteiger partial charge in [0.05, 0.1) is 12.3 Å². The summed E-state index contributed by atoms with van der Waals surface area (Å²) >= 11 is 1.36. The van der Waals surface area contributed by atoms with E-state index in [0.29, 0.717) is 11.8 Å². The molecule has 6 heteroatoms. The van der Waals surface area contributed by atoms with Gasteiger partial charge in [0, 0.05) is 4.91 Å². The molecule has 0 aliphatic carbocycles. The Bertz CT molecular complexity index is 677. The summed E-state index contributed by atoms with van der Waals surface area (Å²) in [6.07, 6.45) is -0.169. The number of thioether (sulfide) groups is 1. The van der Waals surface area contributed by atoms with Gasteiger partial charge in [0.1, 0.15) is 12.2 Å². The fourth-order valence-corrected chi connectivity index (χ4v) is 3.36. The molecule has 1 aromatic rings. The van der Waals surface area contributed by atoms with Crippen LogP contribution in [0.2, 0.25) is 0 Å². The van der Waals surface area contributed by atoms with Crippen LogP contribution in [0.3, 0.4) is 0 Å². The van der Waals surface area contributed by atoms with Crippen LogP contribution in [-0.4, -0.2) is 28.5 Å². The third-order valence-corrected chi connectivity index (χ3v) is 4.16. The highest BCUT2D eigenvalue weighted by Gasteiger charge is 2.37. The second-order valence-electron chi connectivity index (χ2n) is 4.66. The molecule has 0 aromatic heterocycles. The van der Waals surface area contributed by atoms with Gasteiger partial charge in [0.2, 0.25) is 5.91 Å². The zero-order chi connectivity index (χ0) is 15.0. The number of carbonyl (C=O) groups is 2. The largest absolute Gasteiger partial charge is 0.494 e. The standard InChI is InChI=1S/C15H14N2O3S/c1-3-20-11-6-4-10(5-7-11)14-9(2)21-15-16-12(18)8-13(19)17(14)15/h4-7H,3,8H2,1-2H3. The number of aliphatic imine (C=N–C) groups is 1. The van der Waals surface area contributed by atoms with Crippen molar-refractivity contribution in [2.75, 3.05) is 6.61 Å². The topological polar surface area (TPSA) is 59.0 Å². The number of rotatable bonds is 3. The minimum Gasteiger partial charge on any atom is -0.494 e. The number of benzene rings is 1. The maximum absolute atomic E-state index is 12.1. The van der Waals surface area contributed by atoms with Crippen molar-refractivity contribution >= 4 is 34.4 Å². The minimum absolute atomic E-state index is 0.169. The van der Waals surface area contributed by atoms with Gasteiger partial charge in [-0.3, -0.25) is 14.5 Å². The van der Waals surface area contributed by atoms with Crippen molar-refractivity contribution in [3.63, 3.8) is 0 Å². The summed E-state index contributed by atoms with van der Waals surface area (Å²) in [6, 6.07) is 7.57. The van der Waals surface area contributed by atoms with Gasteiger partial charge in [-0.1, -0.05) is 11.8 Å². The fourth-order valence-electron chi connectivity index (χ4n) is 2.35. The Kier molecular flexibility index (Phi) is 3.55. The normalized spacial score (nSPS) is 18.0. The molecule has 0 saturated heterocycles. The average molecular weight is 302 g/mol. The predicted molar refractivity (Wildman–Crippen MR) is 81.7 cm³/mol. The van der Waals surface area contributed by atoms with Crippen LogP contribution in [0.25, 0.3) is 5.70 Å². The zero-order valence-electron chi connectivity index (χ0n) is 11.8. The van der Waals surface area contributed by atoms with Crippen LogP contribution in [-0.2, 0) is 9.59 Å². The maximum atomic E-state index is 12.1. The van der Waals surface area contributed by atoms with Gasteiger partial charge >= 0.3 is 0 Å². The van der Waals surface area contributed by atoms with Gasteiger partial charge in [-0.05, 0) is 43.7 Å². The number of fused-ring (bicyclic) bond motifs is 1. The van der Waals surface area contributed by atoms with Crippen molar-refractivity contribution in [2.24, 2.45) is 4.99 Å². The van der Waals surface area contributed by atoms with Gasteiger partial charge in [-0.15, -0.1) is 0 Å². The van der Waals surface area contributed by atoms with E-state index in [1.807, 2.05) is 38.1 Å². The maximum Gasteiger partial charge on any atom is 0.257 e. The molecule has 5 nitrogen and oxygen atoms in total. The van der Waals surface area contributed by atoms with E-state index >= 15 is 0 Å². The van der Waals surface area contributed by atoms with E-state index in [2.05, 4.69) is 4.99 Å². The Hall–Kier alpha value is -2.08. The Morgan fingerprint density at radius 1 is 1.29 bits per heavy atom. The van der Waals surface area contributed by atoms with Gasteiger partial charge in [0.25, 0.3) is 5.91 Å². The molecule has 108 valence electrons. The van der Waals surface area contributed by atoms with Gasteiger partial charge in [-0.25, -0.2) is 0 Å². The number of amidine groups is 1. The molecule has 0 saturated carbocycles. The summed E-state index contributed by atoms with van der Waals surface area (Å²) in [5, 5.41) is 0.456. The zero-order valence-corrected chi connectivity index (χ0v) is 12.6. The second kappa shape index (κ2) is 5.37. The van der Waals surface area contributed by atoms with Gasteiger partial charge < -0.3 is 4.74 Å². The lowest BCUT2D eigenvalue weighted by molar-refractivity contribution is -0.131. The first-order chi connectivity index (χ1) is 10.1. The molecule has 0 atom stereocenters. The van der Waals surface area contributed by atoms with E-state index < -0.39 is 0 Å². The van der Waals surface area contributed by atoms with Crippen LogP contribution < -0.4 is 4.74 Å². The molecule has 2 amide bonds. The van der Waals surface area contributed by atoms with E-state index in [1.54, 1.807) is 0 Å². The molecular formula is C15H14N2O3S. The molecule has 0 N–H and O–H groups in total. The van der Waals surface area contributed by atoms with E-state index in [1.165, 1.54) is 16.7 Å². The molecule has 0 unspecified atom stereocenters. The van der Waals surface area contributed by atoms with Gasteiger partial charge in [-0.2, -0.15) is 4.99 Å². The van der Waals surface area contributed by atoms with E-state index in [4.69, 9.17) is 4.74 Å². The van der Waals surface area contributed by atoms with Crippen molar-refractivity contribution in [3.05, 3.63) is 34.7 Å². The molecule has 21 heavy (non-hydrogen) atoms. The molecule has 2 aliphatic heterocycles. The third-order valence-electron chi connectivity index (χ3n) is 3.20. The lowest BCUT2D eigenvalue weighted by atomic mass is 10.1. The molecule has 2 heterocycles. The number of nitrogens with zero attached hydrogens (tertiary/aromatic N) is 2. The van der Waals surface area contributed by atoms with Crippen molar-refractivity contribution in [2.45, 2.75) is 20.3 Å². The number of ether oxygens (including phenoxy) is 1. The smallest absolute Gasteiger partial charge is 0.257 e. The number of allylic oxidation sites excluding steroid dienone is 1. The van der Waals surface area contributed by atoms with Crippen molar-refractivity contribution in [1.82, 2.24) is 4.90 Å². The summed E-state index contributed by atoms with van der Waals surface area (Å²) < 4.78 is 5.42. The molecule has 2 aliphatic rings. The first-order valence-electron chi connectivity index (χ1n) is 6.66. The fraction of sp³-hybridized carbons (Fsp3) is 0.267. The van der Waals surface area contributed by atoms with Crippen LogP contribution in [0.4, 0.5) is 0 Å². The Labute approximate surface area is 126 Å². The SMILES string of the molecule is CCOc1ccc(C2=C(C)SC3=NC(=O)CC(=O)N32)cc1. The quantitative estimate of drug-likeness (QED) is 0.805. The highest BCUT2D eigenvalue weighted by Crippen LogP contribution is 2.41. The predicted octanol–water partition coefficient (Wildman–Crippen LogP) is 2.64. The van der Waals surface area contributed by atoms with Crippen molar-refractivity contribution < 1.29 is 14.3 Å². The van der Waals surface area contributed by atoms with E-state index in [0.717, 1.165) is 21.9 Å². The number of hydrogen-bond acceptors (Lipinski definition) is 4. The van der Waals surface area contributed by atoms with Crippen LogP contribution in [0.1, 0.15) is 25.8 Å². The van der Waals surface area contributed by atoms with Crippen LogP contribution in [0.5, 0.6) is 5.75 Å². The molecule has 0 spiro atoms. The molecule has 0 fully saturated rings. The second-order valence-corrected chi connectivity index (χ2v) is 5.84. The Morgan fingerprint density at radius 2 is 2.00 bits per heavy atom. The summed E-state index contributed by atoms with van der Waals surface area (Å²) in [4.78, 5) is 30.0. The molecule has 0 radical (unpaired) electrons. The summed E-state index contributed by atoms with van der Waals surface area (Å²) in [7, 11) is 0. The third kappa shape index (κ3) is 2.47. The number of carbonyl (C=O) groups excluding carboxylic acids is 2. The number of hydrogen-bond donors (Lipinski definition) is 0. The molecule has 3 rings (SSSR count). The van der Waals surface area contributed by atoms with Crippen molar-refractivity contribution in [3.8, 4) is 5.75 Å². The first-order valence-corrected chi connectivity index (χ1v) is 7.48.